The molecule has 6 rings (SSSR count). The van der Waals surface area contributed by atoms with Gasteiger partial charge in [-0.15, -0.1) is 0 Å². The van der Waals surface area contributed by atoms with E-state index >= 15 is 0 Å². The average Bonchev–Trinajstić information content (AvgIpc) is 3.63. The maximum absolute atomic E-state index is 13.5. The smallest absolute Gasteiger partial charge is 0.231 e. The van der Waals surface area contributed by atoms with Crippen molar-refractivity contribution in [3.63, 3.8) is 0 Å². The van der Waals surface area contributed by atoms with Gasteiger partial charge in [-0.05, 0) is 61.1 Å². The van der Waals surface area contributed by atoms with Crippen molar-refractivity contribution in [3.05, 3.63) is 59.7 Å². The Morgan fingerprint density at radius 3 is 1.28 bits per heavy atom. The van der Waals surface area contributed by atoms with Crippen LogP contribution in [-0.2, 0) is 9.59 Å². The van der Waals surface area contributed by atoms with Crippen molar-refractivity contribution in [2.75, 3.05) is 27.3 Å². The number of hydrogen-bond donors (Lipinski definition) is 0. The zero-order valence-corrected chi connectivity index (χ0v) is 21.4. The van der Waals surface area contributed by atoms with E-state index in [4.69, 9.17) is 9.47 Å². The Morgan fingerprint density at radius 2 is 0.972 bits per heavy atom. The molecule has 0 aromatic heterocycles. The molecule has 2 unspecified atom stereocenters. The summed E-state index contributed by atoms with van der Waals surface area (Å²) in [4.78, 5) is 31.2. The highest BCUT2D eigenvalue weighted by Gasteiger charge is 2.64. The van der Waals surface area contributed by atoms with Crippen LogP contribution in [0.2, 0.25) is 0 Å². The van der Waals surface area contributed by atoms with Crippen LogP contribution in [0.3, 0.4) is 0 Å². The van der Waals surface area contributed by atoms with Gasteiger partial charge in [0.25, 0.3) is 0 Å². The first-order chi connectivity index (χ1) is 17.5. The van der Waals surface area contributed by atoms with E-state index in [9.17, 15) is 9.59 Å². The summed E-state index contributed by atoms with van der Waals surface area (Å²) in [6.45, 7) is 1.15. The number of benzene rings is 2. The molecule has 4 aliphatic rings. The normalized spacial score (nSPS) is 25.8. The van der Waals surface area contributed by atoms with E-state index in [0.29, 0.717) is 13.1 Å². The van der Waals surface area contributed by atoms with Gasteiger partial charge in [-0.3, -0.25) is 9.59 Å². The van der Waals surface area contributed by atoms with E-state index < -0.39 is 0 Å². The van der Waals surface area contributed by atoms with Gasteiger partial charge >= 0.3 is 0 Å². The molecule has 2 aromatic carbocycles. The third-order valence-corrected chi connectivity index (χ3v) is 9.48. The molecule has 6 nitrogen and oxygen atoms in total. The number of amides is 2. The number of β-lactam (4-membered cyclic amide) rings is 2. The van der Waals surface area contributed by atoms with E-state index in [0.717, 1.165) is 62.9 Å². The van der Waals surface area contributed by atoms with E-state index in [2.05, 4.69) is 24.3 Å². The second-order valence-electron chi connectivity index (χ2n) is 11.1. The Balaban J connectivity index is 1.24. The van der Waals surface area contributed by atoms with Gasteiger partial charge < -0.3 is 19.3 Å². The zero-order chi connectivity index (χ0) is 24.9. The number of rotatable bonds is 7. The third kappa shape index (κ3) is 3.29. The molecule has 0 radical (unpaired) electrons. The Hall–Kier alpha value is -3.02. The monoisotopic (exact) mass is 488 g/mol. The Kier molecular flexibility index (Phi) is 5.73. The summed E-state index contributed by atoms with van der Waals surface area (Å²) in [5.41, 5.74) is 1.81. The molecule has 2 heterocycles. The molecule has 2 aliphatic carbocycles. The van der Waals surface area contributed by atoms with E-state index in [1.807, 2.05) is 34.1 Å². The molecular weight excluding hydrogens is 452 g/mol. The molecule has 0 bridgehead atoms. The molecule has 2 saturated carbocycles. The second-order valence-corrected chi connectivity index (χ2v) is 11.1. The van der Waals surface area contributed by atoms with Gasteiger partial charge in [0.1, 0.15) is 11.5 Å². The highest BCUT2D eigenvalue weighted by molar-refractivity contribution is 5.92. The van der Waals surface area contributed by atoms with Crippen LogP contribution < -0.4 is 9.47 Å². The van der Waals surface area contributed by atoms with Gasteiger partial charge in [0.2, 0.25) is 11.8 Å². The third-order valence-electron chi connectivity index (χ3n) is 9.48. The number of ether oxygens (including phenoxy) is 2. The fraction of sp³-hybridized carbons (Fsp3) is 0.533. The van der Waals surface area contributed by atoms with Crippen LogP contribution in [0, 0.1) is 10.8 Å². The second kappa shape index (κ2) is 8.82. The first kappa shape index (κ1) is 23.4. The zero-order valence-electron chi connectivity index (χ0n) is 21.4. The summed E-state index contributed by atoms with van der Waals surface area (Å²) in [5, 5.41) is 0. The molecule has 2 aliphatic heterocycles. The fourth-order valence-electron chi connectivity index (χ4n) is 7.74. The van der Waals surface area contributed by atoms with Gasteiger partial charge in [0.05, 0.1) is 37.1 Å². The lowest BCUT2D eigenvalue weighted by Crippen LogP contribution is -2.66. The first-order valence-corrected chi connectivity index (χ1v) is 13.4. The van der Waals surface area contributed by atoms with Gasteiger partial charge in [-0.25, -0.2) is 0 Å². The average molecular weight is 489 g/mol. The molecule has 0 N–H and O–H groups in total. The van der Waals surface area contributed by atoms with Crippen LogP contribution in [0.1, 0.15) is 74.6 Å². The minimum Gasteiger partial charge on any atom is -0.497 e. The standard InChI is InChI=1S/C30H36N2O4/c1-35-23-11-7-21(8-12-23)25-29(15-3-4-16-29)27(33)31(25)19-20-32-26(22-9-13-24(36-2)14-10-22)30(28(32)34)17-5-6-18-30/h7-14,25-26H,3-6,15-20H2,1-2H3. The molecule has 2 atom stereocenters. The number of nitrogens with zero attached hydrogens (tertiary/aromatic N) is 2. The topological polar surface area (TPSA) is 59.1 Å². The molecule has 2 saturated heterocycles. The highest BCUT2D eigenvalue weighted by atomic mass is 16.5. The van der Waals surface area contributed by atoms with E-state index in [1.54, 1.807) is 14.2 Å². The molecule has 36 heavy (non-hydrogen) atoms. The van der Waals surface area contributed by atoms with E-state index in [1.165, 1.54) is 11.1 Å². The van der Waals surface area contributed by atoms with Gasteiger partial charge in [0.15, 0.2) is 0 Å². The van der Waals surface area contributed by atoms with Crippen molar-refractivity contribution >= 4 is 11.8 Å². The van der Waals surface area contributed by atoms with Crippen molar-refractivity contribution in [2.24, 2.45) is 10.8 Å². The fourth-order valence-corrected chi connectivity index (χ4v) is 7.74. The minimum absolute atomic E-state index is 0.0784. The lowest BCUT2D eigenvalue weighted by atomic mass is 9.65. The maximum atomic E-state index is 13.5. The van der Waals surface area contributed by atoms with Gasteiger partial charge in [0, 0.05) is 13.1 Å². The molecule has 2 spiro atoms. The molecule has 4 fully saturated rings. The summed E-state index contributed by atoms with van der Waals surface area (Å²) in [7, 11) is 3.35. The predicted octanol–water partition coefficient (Wildman–Crippen LogP) is 5.29. The highest BCUT2D eigenvalue weighted by Crippen LogP contribution is 2.61. The Bertz CT molecular complexity index is 1040. The van der Waals surface area contributed by atoms with Crippen molar-refractivity contribution in [2.45, 2.75) is 63.5 Å². The molecular formula is C30H36N2O4. The number of carbonyl (C=O) groups is 2. The van der Waals surface area contributed by atoms with Crippen LogP contribution in [0.25, 0.3) is 0 Å². The van der Waals surface area contributed by atoms with Crippen LogP contribution in [-0.4, -0.2) is 48.9 Å². The minimum atomic E-state index is -0.268. The molecule has 190 valence electrons. The number of methoxy groups -OCH3 is 2. The maximum Gasteiger partial charge on any atom is 0.231 e. The van der Waals surface area contributed by atoms with Crippen LogP contribution in [0.15, 0.2) is 48.5 Å². The van der Waals surface area contributed by atoms with Crippen molar-refractivity contribution in [1.82, 2.24) is 9.80 Å². The number of hydrogen-bond acceptors (Lipinski definition) is 4. The summed E-state index contributed by atoms with van der Waals surface area (Å²) in [6.07, 6.45) is 8.27. The lowest BCUT2D eigenvalue weighted by Gasteiger charge is -2.58. The largest absolute Gasteiger partial charge is 0.497 e. The summed E-state index contributed by atoms with van der Waals surface area (Å²) in [5.74, 6) is 2.19. The van der Waals surface area contributed by atoms with Crippen LogP contribution >= 0.6 is 0 Å². The molecule has 2 aromatic rings. The predicted molar refractivity (Wildman–Crippen MR) is 137 cm³/mol. The summed E-state index contributed by atoms with van der Waals surface area (Å²) in [6, 6.07) is 16.5. The summed E-state index contributed by atoms with van der Waals surface area (Å²) < 4.78 is 10.7. The van der Waals surface area contributed by atoms with Crippen LogP contribution in [0.5, 0.6) is 11.5 Å². The first-order valence-electron chi connectivity index (χ1n) is 13.4. The van der Waals surface area contributed by atoms with Crippen molar-refractivity contribution in [1.29, 1.82) is 0 Å². The molecule has 6 heteroatoms. The lowest BCUT2D eigenvalue weighted by molar-refractivity contribution is -0.182. The van der Waals surface area contributed by atoms with Gasteiger partial charge in [-0.1, -0.05) is 49.9 Å². The molecule has 2 amide bonds. The van der Waals surface area contributed by atoms with Crippen molar-refractivity contribution < 1.29 is 19.1 Å². The number of likely N-dealkylation sites (tertiary alicyclic amines) is 2. The van der Waals surface area contributed by atoms with Crippen molar-refractivity contribution in [3.8, 4) is 11.5 Å². The Morgan fingerprint density at radius 1 is 0.639 bits per heavy atom. The SMILES string of the molecule is COc1ccc(C2N(CCN3C(=O)C4(CCCC4)C3c3ccc(OC)cc3)C(=O)C23CCCC3)cc1. The number of carbonyl (C=O) groups excluding carboxylic acids is 2. The Labute approximate surface area is 213 Å². The summed E-state index contributed by atoms with van der Waals surface area (Å²) >= 11 is 0. The van der Waals surface area contributed by atoms with Gasteiger partial charge in [-0.2, -0.15) is 0 Å². The van der Waals surface area contributed by atoms with Crippen LogP contribution in [0.4, 0.5) is 0 Å². The quantitative estimate of drug-likeness (QED) is 0.497. The van der Waals surface area contributed by atoms with E-state index in [-0.39, 0.29) is 34.7 Å².